The number of esters is 1. The Morgan fingerprint density at radius 2 is 1.70 bits per heavy atom. The number of phosphoric acid groups is 1. The molecule has 0 fully saturated rings. The van der Waals surface area contributed by atoms with E-state index in [9.17, 15) is 14.3 Å². The summed E-state index contributed by atoms with van der Waals surface area (Å²) in [6, 6.07) is 0. The minimum absolute atomic E-state index is 0.0614. The van der Waals surface area contributed by atoms with Crippen LogP contribution in [0.5, 0.6) is 0 Å². The minimum Gasteiger partial charge on any atom is -0.463 e. The van der Waals surface area contributed by atoms with Crippen LogP contribution in [-0.2, 0) is 23.1 Å². The van der Waals surface area contributed by atoms with Crippen LogP contribution in [0.2, 0.25) is 0 Å². The van der Waals surface area contributed by atoms with Crippen molar-refractivity contribution >= 4 is 25.6 Å². The number of ether oxygens (including phenoxy) is 1. The molecule has 0 aromatic heterocycles. The summed E-state index contributed by atoms with van der Waals surface area (Å²) in [7, 11) is 1.77. The van der Waals surface area contributed by atoms with Gasteiger partial charge in [0.25, 0.3) is 0 Å². The third-order valence-electron chi connectivity index (χ3n) is 3.76. The first-order valence-corrected chi connectivity index (χ1v) is 12.4. The summed E-state index contributed by atoms with van der Waals surface area (Å²) in [6.45, 7) is 4.50. The van der Waals surface area contributed by atoms with Gasteiger partial charge in [-0.15, -0.1) is 0 Å². The van der Waals surface area contributed by atoms with Gasteiger partial charge in [0, 0.05) is 5.75 Å². The zero-order valence-corrected chi connectivity index (χ0v) is 19.4. The number of carbonyl (C=O) groups excluding carboxylic acids is 1. The molecule has 7 nitrogen and oxygen atoms in total. The van der Waals surface area contributed by atoms with E-state index in [4.69, 9.17) is 13.8 Å². The van der Waals surface area contributed by atoms with Crippen LogP contribution in [0.4, 0.5) is 0 Å². The van der Waals surface area contributed by atoms with Gasteiger partial charge in [0.05, 0.1) is 33.7 Å². The van der Waals surface area contributed by atoms with Crippen molar-refractivity contribution in [3.05, 3.63) is 0 Å². The fraction of sp³-hybridized carbons (Fsp3) is 0.944. The summed E-state index contributed by atoms with van der Waals surface area (Å²) < 4.78 is 27.1. The number of quaternary nitrogens is 1. The van der Waals surface area contributed by atoms with E-state index in [1.165, 1.54) is 32.1 Å². The van der Waals surface area contributed by atoms with E-state index in [-0.39, 0.29) is 31.7 Å². The first-order valence-electron chi connectivity index (χ1n) is 9.74. The second-order valence-corrected chi connectivity index (χ2v) is 10.3. The largest absolute Gasteiger partial charge is 0.472 e. The van der Waals surface area contributed by atoms with Crippen molar-refractivity contribution in [1.82, 2.24) is 0 Å². The van der Waals surface area contributed by atoms with E-state index in [2.05, 4.69) is 6.92 Å². The van der Waals surface area contributed by atoms with Crippen LogP contribution in [0.1, 0.15) is 46.0 Å². The van der Waals surface area contributed by atoms with E-state index in [0.29, 0.717) is 11.0 Å². The number of likely N-dealkylation sites (N-methyl/N-ethyl adjacent to an activating group) is 1. The molecule has 0 aliphatic carbocycles. The molecule has 0 bridgehead atoms. The van der Waals surface area contributed by atoms with Crippen LogP contribution in [0.15, 0.2) is 0 Å². The standard InChI is InChI=1S/C18H38NO6PS/c1-6-7-8-9-10-15-27-16-17(2)18(20)23-13-14-25-26(21,22)24-12-11-19(3,4)5/h17H,6-16H2,1-5H3/p+1. The van der Waals surface area contributed by atoms with Crippen LogP contribution in [-0.4, -0.2) is 74.4 Å². The van der Waals surface area contributed by atoms with Gasteiger partial charge in [-0.25, -0.2) is 4.57 Å². The molecule has 0 radical (unpaired) electrons. The maximum absolute atomic E-state index is 11.9. The predicted molar refractivity (Wildman–Crippen MR) is 111 cm³/mol. The average molecular weight is 429 g/mol. The lowest BCUT2D eigenvalue weighted by atomic mass is 10.2. The molecule has 162 valence electrons. The number of unbranched alkanes of at least 4 members (excludes halogenated alkanes) is 4. The smallest absolute Gasteiger partial charge is 0.463 e. The number of thioether (sulfide) groups is 1. The number of nitrogens with zero attached hydrogens (tertiary/aromatic N) is 1. The Labute approximate surface area is 169 Å². The van der Waals surface area contributed by atoms with Crippen molar-refractivity contribution in [2.24, 2.45) is 5.92 Å². The van der Waals surface area contributed by atoms with E-state index in [1.807, 2.05) is 28.1 Å². The van der Waals surface area contributed by atoms with Crippen molar-refractivity contribution in [3.63, 3.8) is 0 Å². The van der Waals surface area contributed by atoms with Gasteiger partial charge in [-0.1, -0.05) is 39.5 Å². The van der Waals surface area contributed by atoms with Crippen LogP contribution < -0.4 is 0 Å². The van der Waals surface area contributed by atoms with Crippen molar-refractivity contribution in [2.45, 2.75) is 46.0 Å². The summed E-state index contributed by atoms with van der Waals surface area (Å²) in [5.74, 6) is 1.27. The predicted octanol–water partition coefficient (Wildman–Crippen LogP) is 3.71. The summed E-state index contributed by atoms with van der Waals surface area (Å²) in [5.41, 5.74) is 0. The van der Waals surface area contributed by atoms with Gasteiger partial charge in [-0.2, -0.15) is 11.8 Å². The van der Waals surface area contributed by atoms with Crippen LogP contribution >= 0.6 is 19.6 Å². The lowest BCUT2D eigenvalue weighted by Gasteiger charge is -2.24. The highest BCUT2D eigenvalue weighted by Crippen LogP contribution is 2.42. The Morgan fingerprint density at radius 1 is 1.07 bits per heavy atom. The lowest BCUT2D eigenvalue weighted by molar-refractivity contribution is -0.870. The molecule has 0 spiro atoms. The van der Waals surface area contributed by atoms with Gasteiger partial charge in [-0.05, 0) is 12.2 Å². The Morgan fingerprint density at radius 3 is 2.33 bits per heavy atom. The van der Waals surface area contributed by atoms with E-state index >= 15 is 0 Å². The SMILES string of the molecule is CCCCCCCSCC(C)C(=O)OCCOP(=O)(O)OCC[N+](C)(C)C. The van der Waals surface area contributed by atoms with Gasteiger partial charge in [0.2, 0.25) is 0 Å². The van der Waals surface area contributed by atoms with Gasteiger partial charge in [-0.3, -0.25) is 13.8 Å². The second-order valence-electron chi connectivity index (χ2n) is 7.71. The lowest BCUT2D eigenvalue weighted by Crippen LogP contribution is -2.37. The zero-order valence-electron chi connectivity index (χ0n) is 17.6. The normalized spacial score (nSPS) is 15.3. The van der Waals surface area contributed by atoms with Crippen molar-refractivity contribution in [3.8, 4) is 0 Å². The zero-order chi connectivity index (χ0) is 20.8. The monoisotopic (exact) mass is 428 g/mol. The third kappa shape index (κ3) is 17.7. The topological polar surface area (TPSA) is 82.1 Å². The molecule has 0 aliphatic rings. The first kappa shape index (κ1) is 26.9. The maximum Gasteiger partial charge on any atom is 0.472 e. The summed E-state index contributed by atoms with van der Waals surface area (Å²) in [6.07, 6.45) is 6.24. The highest BCUT2D eigenvalue weighted by atomic mass is 32.2. The summed E-state index contributed by atoms with van der Waals surface area (Å²) in [4.78, 5) is 21.5. The molecular formula is C18H39NO6PS+. The highest BCUT2D eigenvalue weighted by Gasteiger charge is 2.23. The fourth-order valence-electron chi connectivity index (χ4n) is 2.04. The van der Waals surface area contributed by atoms with E-state index < -0.39 is 7.82 Å². The highest BCUT2D eigenvalue weighted by molar-refractivity contribution is 7.99. The quantitative estimate of drug-likeness (QED) is 0.164. The number of carbonyl (C=O) groups is 1. The van der Waals surface area contributed by atoms with Crippen LogP contribution in [0.25, 0.3) is 0 Å². The van der Waals surface area contributed by atoms with Crippen LogP contribution in [0, 0.1) is 5.92 Å². The molecule has 0 rings (SSSR count). The van der Waals surface area contributed by atoms with Gasteiger partial charge in [0.1, 0.15) is 19.8 Å². The molecule has 0 aromatic carbocycles. The van der Waals surface area contributed by atoms with E-state index in [1.54, 1.807) is 11.8 Å². The fourth-order valence-corrected chi connectivity index (χ4v) is 3.80. The number of phosphoric ester groups is 1. The van der Waals surface area contributed by atoms with Gasteiger partial charge in [0.15, 0.2) is 0 Å². The number of hydrogen-bond donors (Lipinski definition) is 1. The second kappa shape index (κ2) is 14.8. The molecule has 2 unspecified atom stereocenters. The van der Waals surface area contributed by atoms with Crippen molar-refractivity contribution in [2.75, 3.05) is 59.0 Å². The van der Waals surface area contributed by atoms with Gasteiger partial charge >= 0.3 is 13.8 Å². The Kier molecular flexibility index (Phi) is 14.8. The number of rotatable bonds is 17. The van der Waals surface area contributed by atoms with E-state index in [0.717, 1.165) is 11.5 Å². The van der Waals surface area contributed by atoms with Crippen molar-refractivity contribution < 1.29 is 32.5 Å². The molecule has 0 aromatic rings. The number of hydrogen-bond acceptors (Lipinski definition) is 6. The third-order valence-corrected chi connectivity index (χ3v) is 6.09. The Bertz CT molecular complexity index is 444. The molecule has 0 saturated carbocycles. The Balaban J connectivity index is 3.74. The molecule has 0 amide bonds. The average Bonchev–Trinajstić information content (AvgIpc) is 2.56. The molecule has 1 N–H and O–H groups in total. The molecule has 9 heteroatoms. The molecule has 2 atom stereocenters. The Hall–Kier alpha value is -0.110. The molecule has 0 aliphatic heterocycles. The maximum atomic E-state index is 11.9. The summed E-state index contributed by atoms with van der Waals surface area (Å²) in [5, 5.41) is 0. The van der Waals surface area contributed by atoms with Gasteiger partial charge < -0.3 is 14.1 Å². The molecule has 0 saturated heterocycles. The molecule has 0 heterocycles. The molecule has 27 heavy (non-hydrogen) atoms. The summed E-state index contributed by atoms with van der Waals surface area (Å²) >= 11 is 1.76. The minimum atomic E-state index is -4.10. The molecular weight excluding hydrogens is 389 g/mol. The van der Waals surface area contributed by atoms with Crippen molar-refractivity contribution in [1.29, 1.82) is 0 Å². The van der Waals surface area contributed by atoms with Crippen LogP contribution in [0.3, 0.4) is 0 Å². The first-order chi connectivity index (χ1) is 12.6.